The van der Waals surface area contributed by atoms with Gasteiger partial charge in [-0.2, -0.15) is 0 Å². The van der Waals surface area contributed by atoms with Gasteiger partial charge < -0.3 is 34.3 Å². The van der Waals surface area contributed by atoms with Crippen LogP contribution in [-0.2, 0) is 14.4 Å². The van der Waals surface area contributed by atoms with Crippen LogP contribution >= 0.6 is 11.8 Å². The number of carboxylic acids is 2. The normalized spacial score (nSPS) is 14.1. The van der Waals surface area contributed by atoms with Crippen LogP contribution in [-0.4, -0.2) is 68.8 Å². The molecule has 0 aliphatic rings. The molecule has 1 aromatic rings. The Bertz CT molecular complexity index is 945. The van der Waals surface area contributed by atoms with Gasteiger partial charge in [0.05, 0.1) is 23.5 Å². The molecule has 9 nitrogen and oxygen atoms in total. The molecule has 216 valence electrons. The number of carbonyl (C=O) groups excluding carboxylic acids is 1. The Morgan fingerprint density at radius 2 is 1.80 bits per heavy atom. The summed E-state index contributed by atoms with van der Waals surface area (Å²) in [7, 11) is 0. The molecule has 12 heteroatoms. The quantitative estimate of drug-likeness (QED) is 0.0551. The average molecular weight is 599 g/mol. The number of carboxylic acid groups (broad SMARTS) is 2. The van der Waals surface area contributed by atoms with Gasteiger partial charge in [-0.15, -0.1) is 11.8 Å². The van der Waals surface area contributed by atoms with E-state index < -0.39 is 47.9 Å². The van der Waals surface area contributed by atoms with Crippen molar-refractivity contribution >= 4 is 35.7 Å². The van der Waals surface area contributed by atoms with Crippen LogP contribution in [0.1, 0.15) is 77.5 Å². The molecule has 0 fully saturated rings. The number of unbranched alkanes of at least 4 members (excludes halogenated alkanes) is 3. The fourth-order valence-electron chi connectivity index (χ4n) is 3.63. The minimum absolute atomic E-state index is 0. The van der Waals surface area contributed by atoms with Crippen molar-refractivity contribution in [2.45, 2.75) is 81.8 Å². The number of aliphatic hydroxyl groups is 2. The number of hydrogen-bond acceptors (Lipinski definition) is 7. The summed E-state index contributed by atoms with van der Waals surface area (Å²) in [5.41, 5.74) is 7.51. The van der Waals surface area contributed by atoms with Gasteiger partial charge in [-0.25, -0.2) is 0 Å². The SMILES string of the molecule is CCCCC/C=C/CC(O)/C=C/c1cccc(C(SC[C@H](N)C(=O)NCC(=O)O)C(O)CCCC(=O)O)c1.[H-].[H-].[Na+].[Na+]. The summed E-state index contributed by atoms with van der Waals surface area (Å²) in [6, 6.07) is 6.42. The first-order valence-electron chi connectivity index (χ1n) is 13.0. The molecule has 0 spiro atoms. The van der Waals surface area contributed by atoms with Gasteiger partial charge in [-0.1, -0.05) is 68.3 Å². The van der Waals surface area contributed by atoms with Gasteiger partial charge in [-0.05, 0) is 43.2 Å². The molecule has 0 aliphatic heterocycles. The Balaban J connectivity index is -0.00000180. The van der Waals surface area contributed by atoms with E-state index in [-0.39, 0.29) is 87.0 Å². The molecule has 0 radical (unpaired) electrons. The molecular formula is C28H44N2Na2O7S. The predicted molar refractivity (Wildman–Crippen MR) is 153 cm³/mol. The second kappa shape index (κ2) is 24.9. The first-order chi connectivity index (χ1) is 18.1. The number of hydrogen-bond donors (Lipinski definition) is 6. The predicted octanol–water partition coefficient (Wildman–Crippen LogP) is -2.26. The molecule has 1 aromatic carbocycles. The van der Waals surface area contributed by atoms with Gasteiger partial charge in [-0.3, -0.25) is 14.4 Å². The van der Waals surface area contributed by atoms with Crippen molar-refractivity contribution < 1.29 is 96.8 Å². The van der Waals surface area contributed by atoms with Crippen molar-refractivity contribution in [1.29, 1.82) is 0 Å². The summed E-state index contributed by atoms with van der Waals surface area (Å²) < 4.78 is 0. The van der Waals surface area contributed by atoms with Gasteiger partial charge in [0.1, 0.15) is 6.54 Å². The van der Waals surface area contributed by atoms with E-state index in [1.54, 1.807) is 6.08 Å². The Morgan fingerprint density at radius 1 is 1.07 bits per heavy atom. The second-order valence-electron chi connectivity index (χ2n) is 9.12. The fourth-order valence-corrected chi connectivity index (χ4v) is 4.89. The number of allylic oxidation sites excluding steroid dienone is 1. The van der Waals surface area contributed by atoms with E-state index in [2.05, 4.69) is 18.3 Å². The molecule has 0 bridgehead atoms. The van der Waals surface area contributed by atoms with Gasteiger partial charge in [0.2, 0.25) is 5.91 Å². The molecule has 1 amide bonds. The molecular weight excluding hydrogens is 554 g/mol. The fraction of sp³-hybridized carbons (Fsp3) is 0.536. The Kier molecular flexibility index (Phi) is 25.8. The van der Waals surface area contributed by atoms with Crippen molar-refractivity contribution in [1.82, 2.24) is 5.32 Å². The van der Waals surface area contributed by atoms with Gasteiger partial charge in [0.15, 0.2) is 0 Å². The van der Waals surface area contributed by atoms with Crippen LogP contribution in [0.25, 0.3) is 6.08 Å². The Morgan fingerprint density at radius 3 is 2.45 bits per heavy atom. The van der Waals surface area contributed by atoms with E-state index in [9.17, 15) is 24.6 Å². The van der Waals surface area contributed by atoms with Crippen LogP contribution in [0.2, 0.25) is 0 Å². The Labute approximate surface area is 289 Å². The number of nitrogens with two attached hydrogens (primary N) is 1. The Hall–Kier alpha value is -0.660. The number of thioether (sulfide) groups is 1. The largest absolute Gasteiger partial charge is 1.00 e. The average Bonchev–Trinajstić information content (AvgIpc) is 2.88. The van der Waals surface area contributed by atoms with Gasteiger partial charge in [0.25, 0.3) is 0 Å². The van der Waals surface area contributed by atoms with Crippen molar-refractivity contribution in [2.24, 2.45) is 5.73 Å². The zero-order valence-electron chi connectivity index (χ0n) is 26.0. The maximum Gasteiger partial charge on any atom is 1.00 e. The molecule has 4 atom stereocenters. The summed E-state index contributed by atoms with van der Waals surface area (Å²) in [5.74, 6) is -2.61. The molecule has 0 heterocycles. The maximum atomic E-state index is 12.1. The maximum absolute atomic E-state index is 12.1. The molecule has 1 rings (SSSR count). The number of aliphatic hydroxyl groups excluding tert-OH is 2. The number of amides is 1. The summed E-state index contributed by atoms with van der Waals surface area (Å²) >= 11 is 1.25. The van der Waals surface area contributed by atoms with Crippen molar-refractivity contribution in [3.8, 4) is 0 Å². The first kappa shape index (κ1) is 41.5. The second-order valence-corrected chi connectivity index (χ2v) is 10.3. The van der Waals surface area contributed by atoms with E-state index in [1.165, 1.54) is 24.6 Å². The van der Waals surface area contributed by atoms with E-state index in [4.69, 9.17) is 15.9 Å². The zero-order valence-corrected chi connectivity index (χ0v) is 28.8. The molecule has 0 saturated carbocycles. The number of nitrogens with one attached hydrogen (secondary N) is 1. The number of rotatable bonds is 20. The van der Waals surface area contributed by atoms with Gasteiger partial charge >= 0.3 is 71.1 Å². The van der Waals surface area contributed by atoms with Crippen LogP contribution in [0.5, 0.6) is 0 Å². The minimum Gasteiger partial charge on any atom is -1.00 e. The van der Waals surface area contributed by atoms with E-state index in [0.717, 1.165) is 24.0 Å². The zero-order chi connectivity index (χ0) is 28.3. The third-order valence-electron chi connectivity index (χ3n) is 5.71. The summed E-state index contributed by atoms with van der Waals surface area (Å²) in [5, 5.41) is 40.6. The van der Waals surface area contributed by atoms with Crippen LogP contribution in [0.15, 0.2) is 42.5 Å². The molecule has 7 N–H and O–H groups in total. The van der Waals surface area contributed by atoms with Gasteiger partial charge in [0, 0.05) is 12.2 Å². The van der Waals surface area contributed by atoms with Crippen molar-refractivity contribution in [3.05, 3.63) is 53.6 Å². The smallest absolute Gasteiger partial charge is 1.00 e. The van der Waals surface area contributed by atoms with E-state index in [0.29, 0.717) is 6.42 Å². The summed E-state index contributed by atoms with van der Waals surface area (Å²) in [6.45, 7) is 1.63. The topological polar surface area (TPSA) is 170 Å². The number of carbonyl (C=O) groups is 3. The number of aliphatic carboxylic acids is 2. The third-order valence-corrected chi connectivity index (χ3v) is 7.21. The molecule has 0 saturated heterocycles. The van der Waals surface area contributed by atoms with Crippen LogP contribution < -0.4 is 70.2 Å². The van der Waals surface area contributed by atoms with E-state index in [1.807, 2.05) is 36.4 Å². The standard InChI is InChI=1S/C28H42N2O7S.2Na.2H/c1-2-3-4-5-6-7-12-22(31)16-15-20-10-8-11-21(17-20)27(24(32)13-9-14-25(33)34)38-19-23(29)28(37)30-18-26(35)36;;;;/h6-8,10-11,15-17,22-24,27,31-32H,2-5,9,12-14,18-19,29H2,1H3,(H,30,37)(H,33,34)(H,35,36);;;;/q;2*+1;2*-1/b7-6+,16-15+;;;;/t22?,23-,24?,27?;;;;/m0..../s1. The van der Waals surface area contributed by atoms with Crippen LogP contribution in [0, 0.1) is 0 Å². The summed E-state index contributed by atoms with van der Waals surface area (Å²) in [6.07, 6.45) is 11.6. The minimum atomic E-state index is -1.18. The van der Waals surface area contributed by atoms with Crippen LogP contribution in [0.4, 0.5) is 0 Å². The van der Waals surface area contributed by atoms with Crippen molar-refractivity contribution in [2.75, 3.05) is 12.3 Å². The monoisotopic (exact) mass is 598 g/mol. The van der Waals surface area contributed by atoms with E-state index >= 15 is 0 Å². The molecule has 0 aromatic heterocycles. The van der Waals surface area contributed by atoms with Crippen LogP contribution in [0.3, 0.4) is 0 Å². The molecule has 0 aliphatic carbocycles. The first-order valence-corrected chi connectivity index (χ1v) is 14.1. The molecule has 3 unspecified atom stereocenters. The number of benzene rings is 1. The molecule has 40 heavy (non-hydrogen) atoms. The third kappa shape index (κ3) is 19.5. The van der Waals surface area contributed by atoms with Crippen molar-refractivity contribution in [3.63, 3.8) is 0 Å². The summed E-state index contributed by atoms with van der Waals surface area (Å²) in [4.78, 5) is 33.7.